The summed E-state index contributed by atoms with van der Waals surface area (Å²) >= 11 is 0. The lowest BCUT2D eigenvalue weighted by atomic mass is 9.99. The van der Waals surface area contributed by atoms with Gasteiger partial charge in [0.2, 0.25) is 0 Å². The summed E-state index contributed by atoms with van der Waals surface area (Å²) in [5, 5.41) is 9.28. The minimum atomic E-state index is -0.923. The predicted octanol–water partition coefficient (Wildman–Crippen LogP) is 3.13. The molecule has 1 aliphatic heterocycles. The number of ether oxygens (including phenoxy) is 1. The molecule has 0 saturated heterocycles. The smallest absolute Gasteiger partial charge is 0.337 e. The molecule has 1 aromatic carbocycles. The molecule has 0 saturated carbocycles. The molecule has 1 aromatic heterocycles. The van der Waals surface area contributed by atoms with Gasteiger partial charge >= 0.3 is 5.97 Å². The summed E-state index contributed by atoms with van der Waals surface area (Å²) in [5.41, 5.74) is 3.50. The van der Waals surface area contributed by atoms with Crippen LogP contribution in [0.3, 0.4) is 0 Å². The number of hydrogen-bond donors (Lipinski definition) is 1. The second-order valence-corrected chi connectivity index (χ2v) is 6.04. The Balaban J connectivity index is 1.71. The number of aromatic nitrogens is 1. The third kappa shape index (κ3) is 3.74. The largest absolute Gasteiger partial charge is 0.494 e. The van der Waals surface area contributed by atoms with Gasteiger partial charge in [-0.1, -0.05) is 13.0 Å². The third-order valence-corrected chi connectivity index (χ3v) is 4.24. The van der Waals surface area contributed by atoms with Crippen molar-refractivity contribution in [2.75, 3.05) is 13.2 Å². The van der Waals surface area contributed by atoms with Gasteiger partial charge in [-0.3, -0.25) is 9.88 Å². The summed E-state index contributed by atoms with van der Waals surface area (Å²) in [5.74, 6) is 0.00941. The third-order valence-electron chi connectivity index (χ3n) is 4.24. The van der Waals surface area contributed by atoms with Gasteiger partial charge in [0.15, 0.2) is 0 Å². The standard InChI is InChI=1S/C19H22N2O3/c1-2-10-24-16-6-5-15-12-21(9-7-14(15)11-16)13-18-17(19(22)23)4-3-8-20-18/h3-6,8,11H,2,7,9-10,12-13H2,1H3,(H,22,23). The number of hydrogen-bond acceptors (Lipinski definition) is 4. The highest BCUT2D eigenvalue weighted by Crippen LogP contribution is 2.25. The summed E-state index contributed by atoms with van der Waals surface area (Å²) in [6, 6.07) is 9.53. The summed E-state index contributed by atoms with van der Waals surface area (Å²) in [6.45, 7) is 5.08. The van der Waals surface area contributed by atoms with E-state index in [9.17, 15) is 9.90 Å². The van der Waals surface area contributed by atoms with Crippen molar-refractivity contribution in [1.29, 1.82) is 0 Å². The van der Waals surface area contributed by atoms with E-state index in [1.54, 1.807) is 18.3 Å². The number of nitrogens with zero attached hydrogens (tertiary/aromatic N) is 2. The summed E-state index contributed by atoms with van der Waals surface area (Å²) < 4.78 is 5.70. The molecule has 0 unspecified atom stereocenters. The Kier molecular flexibility index (Phi) is 5.11. The molecule has 1 aliphatic rings. The Morgan fingerprint density at radius 3 is 3.00 bits per heavy atom. The SMILES string of the molecule is CCCOc1ccc2c(c1)CCN(Cc1ncccc1C(=O)O)C2. The molecule has 0 radical (unpaired) electrons. The molecule has 0 bridgehead atoms. The van der Waals surface area contributed by atoms with Crippen molar-refractivity contribution in [1.82, 2.24) is 9.88 Å². The first-order chi connectivity index (χ1) is 11.7. The molecule has 2 heterocycles. The highest BCUT2D eigenvalue weighted by atomic mass is 16.5. The van der Waals surface area contributed by atoms with Crippen molar-refractivity contribution in [2.24, 2.45) is 0 Å². The predicted molar refractivity (Wildman–Crippen MR) is 91.2 cm³/mol. The van der Waals surface area contributed by atoms with Crippen LogP contribution in [0.1, 0.15) is 40.5 Å². The molecule has 126 valence electrons. The van der Waals surface area contributed by atoms with Crippen LogP contribution in [-0.4, -0.2) is 34.1 Å². The number of fused-ring (bicyclic) bond motifs is 1. The minimum Gasteiger partial charge on any atom is -0.494 e. The van der Waals surface area contributed by atoms with E-state index in [1.807, 2.05) is 6.07 Å². The molecule has 0 atom stereocenters. The van der Waals surface area contributed by atoms with Gasteiger partial charge in [0, 0.05) is 25.8 Å². The van der Waals surface area contributed by atoms with Crippen LogP contribution in [0.25, 0.3) is 0 Å². The van der Waals surface area contributed by atoms with Gasteiger partial charge in [-0.25, -0.2) is 4.79 Å². The first kappa shape index (κ1) is 16.5. The van der Waals surface area contributed by atoms with E-state index in [2.05, 4.69) is 28.9 Å². The van der Waals surface area contributed by atoms with Gasteiger partial charge in [-0.2, -0.15) is 0 Å². The van der Waals surface area contributed by atoms with E-state index in [0.717, 1.165) is 38.3 Å². The van der Waals surface area contributed by atoms with E-state index in [0.29, 0.717) is 12.2 Å². The maximum atomic E-state index is 11.3. The topological polar surface area (TPSA) is 62.7 Å². The molecule has 2 aromatic rings. The number of carboxylic acid groups (broad SMARTS) is 1. The molecule has 1 N–H and O–H groups in total. The summed E-state index contributed by atoms with van der Waals surface area (Å²) in [6.07, 6.45) is 3.59. The lowest BCUT2D eigenvalue weighted by molar-refractivity contribution is 0.0693. The van der Waals surface area contributed by atoms with Crippen LogP contribution in [0.4, 0.5) is 0 Å². The van der Waals surface area contributed by atoms with Crippen molar-refractivity contribution >= 4 is 5.97 Å². The van der Waals surface area contributed by atoms with E-state index in [4.69, 9.17) is 4.74 Å². The Morgan fingerprint density at radius 1 is 1.33 bits per heavy atom. The van der Waals surface area contributed by atoms with Crippen LogP contribution in [0.5, 0.6) is 5.75 Å². The first-order valence-corrected chi connectivity index (χ1v) is 8.31. The molecule has 0 aliphatic carbocycles. The van der Waals surface area contributed by atoms with Crippen molar-refractivity contribution in [2.45, 2.75) is 32.9 Å². The molecule has 24 heavy (non-hydrogen) atoms. The number of carbonyl (C=O) groups is 1. The molecule has 5 heteroatoms. The number of pyridine rings is 1. The maximum absolute atomic E-state index is 11.3. The summed E-state index contributed by atoms with van der Waals surface area (Å²) in [7, 11) is 0. The highest BCUT2D eigenvalue weighted by Gasteiger charge is 2.20. The van der Waals surface area contributed by atoms with Crippen molar-refractivity contribution < 1.29 is 14.6 Å². The fourth-order valence-electron chi connectivity index (χ4n) is 3.00. The molecule has 0 amide bonds. The number of carboxylic acids is 1. The van der Waals surface area contributed by atoms with Crippen LogP contribution in [0, 0.1) is 0 Å². The van der Waals surface area contributed by atoms with Gasteiger partial charge in [-0.15, -0.1) is 0 Å². The van der Waals surface area contributed by atoms with E-state index in [-0.39, 0.29) is 5.56 Å². The van der Waals surface area contributed by atoms with E-state index in [1.165, 1.54) is 11.1 Å². The van der Waals surface area contributed by atoms with Gasteiger partial charge < -0.3 is 9.84 Å². The number of benzene rings is 1. The quantitative estimate of drug-likeness (QED) is 0.883. The van der Waals surface area contributed by atoms with E-state index >= 15 is 0 Å². The van der Waals surface area contributed by atoms with Gasteiger partial charge in [0.05, 0.1) is 17.9 Å². The molecular formula is C19H22N2O3. The van der Waals surface area contributed by atoms with Gasteiger partial charge in [-0.05, 0) is 48.2 Å². The number of aromatic carboxylic acids is 1. The summed E-state index contributed by atoms with van der Waals surface area (Å²) in [4.78, 5) is 17.8. The van der Waals surface area contributed by atoms with E-state index < -0.39 is 5.97 Å². The van der Waals surface area contributed by atoms with Crippen LogP contribution >= 0.6 is 0 Å². The van der Waals surface area contributed by atoms with Crippen LogP contribution in [0.2, 0.25) is 0 Å². The van der Waals surface area contributed by atoms with Crippen LogP contribution in [0.15, 0.2) is 36.5 Å². The monoisotopic (exact) mass is 326 g/mol. The molecule has 3 rings (SSSR count). The lowest BCUT2D eigenvalue weighted by Crippen LogP contribution is -2.31. The Labute approximate surface area is 141 Å². The van der Waals surface area contributed by atoms with Crippen molar-refractivity contribution in [3.8, 4) is 5.75 Å². The minimum absolute atomic E-state index is 0.284. The first-order valence-electron chi connectivity index (χ1n) is 8.31. The molecular weight excluding hydrogens is 304 g/mol. The zero-order chi connectivity index (χ0) is 16.9. The Bertz CT molecular complexity index is 730. The van der Waals surface area contributed by atoms with Crippen LogP contribution < -0.4 is 4.74 Å². The fraction of sp³-hybridized carbons (Fsp3) is 0.368. The van der Waals surface area contributed by atoms with Crippen molar-refractivity contribution in [3.05, 3.63) is 58.9 Å². The van der Waals surface area contributed by atoms with Gasteiger partial charge in [0.1, 0.15) is 5.75 Å². The average molecular weight is 326 g/mol. The second kappa shape index (κ2) is 7.45. The zero-order valence-corrected chi connectivity index (χ0v) is 13.9. The maximum Gasteiger partial charge on any atom is 0.337 e. The normalized spacial score (nSPS) is 14.2. The number of rotatable bonds is 6. The molecule has 0 spiro atoms. The second-order valence-electron chi connectivity index (χ2n) is 6.04. The molecule has 0 fully saturated rings. The van der Waals surface area contributed by atoms with Crippen molar-refractivity contribution in [3.63, 3.8) is 0 Å². The van der Waals surface area contributed by atoms with Crippen LogP contribution in [-0.2, 0) is 19.5 Å². The Hall–Kier alpha value is -2.40. The Morgan fingerprint density at radius 2 is 2.21 bits per heavy atom. The fourth-order valence-corrected chi connectivity index (χ4v) is 3.00. The van der Waals surface area contributed by atoms with Gasteiger partial charge in [0.25, 0.3) is 0 Å². The highest BCUT2D eigenvalue weighted by molar-refractivity contribution is 5.88. The average Bonchev–Trinajstić information content (AvgIpc) is 2.60. The zero-order valence-electron chi connectivity index (χ0n) is 13.9. The lowest BCUT2D eigenvalue weighted by Gasteiger charge is -2.29. The molecule has 5 nitrogen and oxygen atoms in total.